The van der Waals surface area contributed by atoms with Crippen molar-refractivity contribution in [3.8, 4) is 0 Å². The summed E-state index contributed by atoms with van der Waals surface area (Å²) in [5.41, 5.74) is 1.45. The Bertz CT molecular complexity index is 637. The molecule has 1 aromatic rings. The van der Waals surface area contributed by atoms with Crippen molar-refractivity contribution in [2.75, 3.05) is 0 Å². The molecule has 1 aliphatic carbocycles. The van der Waals surface area contributed by atoms with Crippen LogP contribution in [0.15, 0.2) is 21.5 Å². The summed E-state index contributed by atoms with van der Waals surface area (Å²) in [5.74, 6) is 0. The first-order valence-corrected chi connectivity index (χ1v) is 9.47. The SMILES string of the molecule is Cc1c(Br)cc(CNC(C)C)cc1S(=O)(=O)NC1(C)CC1. The zero-order valence-corrected chi connectivity index (χ0v) is 15.4. The van der Waals surface area contributed by atoms with E-state index in [0.29, 0.717) is 17.5 Å². The van der Waals surface area contributed by atoms with Crippen molar-refractivity contribution in [2.45, 2.75) is 63.6 Å². The molecular weight excluding hydrogens is 352 g/mol. The maximum atomic E-state index is 12.6. The number of benzene rings is 1. The van der Waals surface area contributed by atoms with Crippen molar-refractivity contribution in [1.82, 2.24) is 10.0 Å². The van der Waals surface area contributed by atoms with E-state index in [1.54, 1.807) is 6.07 Å². The zero-order valence-electron chi connectivity index (χ0n) is 13.0. The van der Waals surface area contributed by atoms with Crippen LogP contribution in [0.25, 0.3) is 0 Å². The van der Waals surface area contributed by atoms with Gasteiger partial charge in [-0.05, 0) is 49.9 Å². The Labute approximate surface area is 135 Å². The second kappa shape index (κ2) is 5.99. The van der Waals surface area contributed by atoms with Crippen LogP contribution in [0, 0.1) is 6.92 Å². The van der Waals surface area contributed by atoms with Gasteiger partial charge in [-0.3, -0.25) is 0 Å². The van der Waals surface area contributed by atoms with E-state index in [4.69, 9.17) is 0 Å². The Kier molecular flexibility index (Phi) is 4.83. The highest BCUT2D eigenvalue weighted by molar-refractivity contribution is 9.10. The molecule has 2 rings (SSSR count). The Morgan fingerprint density at radius 3 is 2.48 bits per heavy atom. The topological polar surface area (TPSA) is 58.2 Å². The van der Waals surface area contributed by atoms with E-state index in [1.165, 1.54) is 0 Å². The number of hydrogen-bond acceptors (Lipinski definition) is 3. The third kappa shape index (κ3) is 4.28. The van der Waals surface area contributed by atoms with E-state index in [9.17, 15) is 8.42 Å². The van der Waals surface area contributed by atoms with E-state index in [-0.39, 0.29) is 5.54 Å². The molecule has 1 aromatic carbocycles. The molecule has 0 aromatic heterocycles. The molecule has 0 heterocycles. The minimum absolute atomic E-state index is 0.260. The van der Waals surface area contributed by atoms with Crippen LogP contribution >= 0.6 is 15.9 Å². The van der Waals surface area contributed by atoms with Gasteiger partial charge in [0.05, 0.1) is 4.90 Å². The highest BCUT2D eigenvalue weighted by atomic mass is 79.9. The fourth-order valence-electron chi connectivity index (χ4n) is 2.08. The summed E-state index contributed by atoms with van der Waals surface area (Å²) in [6.07, 6.45) is 1.81. The number of hydrogen-bond donors (Lipinski definition) is 2. The van der Waals surface area contributed by atoms with Crippen LogP contribution in [0.3, 0.4) is 0 Å². The van der Waals surface area contributed by atoms with E-state index in [1.807, 2.05) is 19.9 Å². The molecule has 0 aliphatic heterocycles. The Morgan fingerprint density at radius 1 is 1.33 bits per heavy atom. The number of nitrogens with one attached hydrogen (secondary N) is 2. The van der Waals surface area contributed by atoms with Crippen LogP contribution in [-0.4, -0.2) is 20.0 Å². The van der Waals surface area contributed by atoms with Crippen molar-refractivity contribution < 1.29 is 8.42 Å². The molecule has 2 N–H and O–H groups in total. The van der Waals surface area contributed by atoms with Gasteiger partial charge >= 0.3 is 0 Å². The molecule has 1 fully saturated rings. The average molecular weight is 375 g/mol. The first kappa shape index (κ1) is 16.9. The highest BCUT2D eigenvalue weighted by Crippen LogP contribution is 2.37. The van der Waals surface area contributed by atoms with Gasteiger partial charge in [-0.1, -0.05) is 29.8 Å². The molecule has 0 atom stereocenters. The molecule has 0 bridgehead atoms. The first-order valence-electron chi connectivity index (χ1n) is 7.19. The maximum Gasteiger partial charge on any atom is 0.241 e. The van der Waals surface area contributed by atoms with Gasteiger partial charge in [-0.2, -0.15) is 0 Å². The molecule has 0 saturated heterocycles. The van der Waals surface area contributed by atoms with Gasteiger partial charge < -0.3 is 5.32 Å². The average Bonchev–Trinajstić information content (AvgIpc) is 3.06. The quantitative estimate of drug-likeness (QED) is 0.804. The number of halogens is 1. The van der Waals surface area contributed by atoms with Crippen LogP contribution in [0.4, 0.5) is 0 Å². The molecule has 0 amide bonds. The minimum Gasteiger partial charge on any atom is -0.310 e. The van der Waals surface area contributed by atoms with Gasteiger partial charge in [0.1, 0.15) is 0 Å². The number of sulfonamides is 1. The van der Waals surface area contributed by atoms with Crippen molar-refractivity contribution in [1.29, 1.82) is 0 Å². The molecule has 118 valence electrons. The fraction of sp³-hybridized carbons (Fsp3) is 0.600. The van der Waals surface area contributed by atoms with Gasteiger partial charge in [0.2, 0.25) is 10.0 Å². The standard InChI is InChI=1S/C15H23BrN2O2S/c1-10(2)17-9-12-7-13(16)11(3)14(8-12)21(19,20)18-15(4)5-6-15/h7-8,10,17-18H,5-6,9H2,1-4H3. The lowest BCUT2D eigenvalue weighted by Gasteiger charge is -2.17. The highest BCUT2D eigenvalue weighted by Gasteiger charge is 2.41. The molecule has 0 unspecified atom stereocenters. The third-order valence-electron chi connectivity index (χ3n) is 3.74. The second-order valence-corrected chi connectivity index (χ2v) is 8.91. The van der Waals surface area contributed by atoms with Crippen LogP contribution in [-0.2, 0) is 16.6 Å². The van der Waals surface area contributed by atoms with E-state index in [0.717, 1.165) is 28.4 Å². The van der Waals surface area contributed by atoms with Gasteiger partial charge in [0.25, 0.3) is 0 Å². The van der Waals surface area contributed by atoms with Crippen LogP contribution in [0.1, 0.15) is 44.7 Å². The fourth-order valence-corrected chi connectivity index (χ4v) is 4.50. The lowest BCUT2D eigenvalue weighted by molar-refractivity contribution is 0.556. The van der Waals surface area contributed by atoms with Gasteiger partial charge in [-0.15, -0.1) is 0 Å². The molecular formula is C15H23BrN2O2S. The molecule has 0 radical (unpaired) electrons. The summed E-state index contributed by atoms with van der Waals surface area (Å²) in [6, 6.07) is 4.10. The van der Waals surface area contributed by atoms with Crippen molar-refractivity contribution in [3.63, 3.8) is 0 Å². The summed E-state index contributed by atoms with van der Waals surface area (Å²) in [5, 5.41) is 3.31. The first-order chi connectivity index (χ1) is 9.63. The second-order valence-electron chi connectivity index (χ2n) is 6.40. The van der Waals surface area contributed by atoms with Gasteiger partial charge in [0.15, 0.2) is 0 Å². The van der Waals surface area contributed by atoms with Crippen LogP contribution in [0.5, 0.6) is 0 Å². The lowest BCUT2D eigenvalue weighted by atomic mass is 10.1. The molecule has 1 aliphatic rings. The van der Waals surface area contributed by atoms with E-state index >= 15 is 0 Å². The Balaban J connectivity index is 2.33. The van der Waals surface area contributed by atoms with Gasteiger partial charge in [0, 0.05) is 22.6 Å². The van der Waals surface area contributed by atoms with Crippen LogP contribution in [0.2, 0.25) is 0 Å². The predicted molar refractivity (Wildman–Crippen MR) is 88.8 cm³/mol. The molecule has 0 spiro atoms. The smallest absolute Gasteiger partial charge is 0.241 e. The van der Waals surface area contributed by atoms with Crippen molar-refractivity contribution >= 4 is 26.0 Å². The molecule has 1 saturated carbocycles. The molecule has 21 heavy (non-hydrogen) atoms. The Morgan fingerprint density at radius 2 is 1.95 bits per heavy atom. The Hall–Kier alpha value is -0.430. The summed E-state index contributed by atoms with van der Waals surface area (Å²) >= 11 is 3.47. The van der Waals surface area contributed by atoms with E-state index in [2.05, 4.69) is 39.8 Å². The summed E-state index contributed by atoms with van der Waals surface area (Å²) < 4.78 is 28.8. The third-order valence-corrected chi connectivity index (χ3v) is 6.33. The van der Waals surface area contributed by atoms with E-state index < -0.39 is 10.0 Å². The molecule has 6 heteroatoms. The number of rotatable bonds is 6. The van der Waals surface area contributed by atoms with Gasteiger partial charge in [-0.25, -0.2) is 13.1 Å². The maximum absolute atomic E-state index is 12.6. The zero-order chi connectivity index (χ0) is 15.8. The van der Waals surface area contributed by atoms with Crippen LogP contribution < -0.4 is 10.0 Å². The monoisotopic (exact) mass is 374 g/mol. The normalized spacial score (nSPS) is 17.2. The summed E-state index contributed by atoms with van der Waals surface area (Å²) in [7, 11) is -3.48. The minimum atomic E-state index is -3.48. The molecule has 4 nitrogen and oxygen atoms in total. The largest absolute Gasteiger partial charge is 0.310 e. The summed E-state index contributed by atoms with van der Waals surface area (Å²) in [4.78, 5) is 0.366. The van der Waals surface area contributed by atoms with Crippen molar-refractivity contribution in [3.05, 3.63) is 27.7 Å². The lowest BCUT2D eigenvalue weighted by Crippen LogP contribution is -2.34. The van der Waals surface area contributed by atoms with Crippen molar-refractivity contribution in [2.24, 2.45) is 0 Å². The predicted octanol–water partition coefficient (Wildman–Crippen LogP) is 3.09. The summed E-state index contributed by atoms with van der Waals surface area (Å²) in [6.45, 7) is 8.55.